The van der Waals surface area contributed by atoms with Crippen molar-refractivity contribution < 1.29 is 9.59 Å². The number of hydrogen-bond acceptors (Lipinski definition) is 4. The van der Waals surface area contributed by atoms with Gasteiger partial charge in [0.05, 0.1) is 0 Å². The number of fused-ring (bicyclic) bond motifs is 1. The number of pyridine rings is 1. The van der Waals surface area contributed by atoms with Gasteiger partial charge in [-0.15, -0.1) is 0 Å². The van der Waals surface area contributed by atoms with E-state index in [1.165, 1.54) is 13.8 Å². The summed E-state index contributed by atoms with van der Waals surface area (Å²) < 4.78 is 0. The molecule has 2 rings (SSSR count). The van der Waals surface area contributed by atoms with Crippen LogP contribution in [0.4, 0.5) is 5.82 Å². The summed E-state index contributed by atoms with van der Waals surface area (Å²) in [6.45, 7) is 3.05. The van der Waals surface area contributed by atoms with Crippen LogP contribution in [0.5, 0.6) is 0 Å². The molecule has 20 heavy (non-hydrogen) atoms. The van der Waals surface area contributed by atoms with E-state index in [4.69, 9.17) is 11.5 Å². The lowest BCUT2D eigenvalue weighted by molar-refractivity contribution is -0.122. The average molecular weight is 272 g/mol. The number of primary amides is 1. The van der Waals surface area contributed by atoms with Crippen molar-refractivity contribution >= 4 is 28.4 Å². The van der Waals surface area contributed by atoms with Crippen LogP contribution in [0.3, 0.4) is 0 Å². The van der Waals surface area contributed by atoms with Crippen LogP contribution >= 0.6 is 0 Å². The zero-order chi connectivity index (χ0) is 14.9. The lowest BCUT2D eigenvalue weighted by atomic mass is 10.0. The molecule has 0 spiro atoms. The van der Waals surface area contributed by atoms with Crippen LogP contribution in [-0.4, -0.2) is 22.3 Å². The van der Waals surface area contributed by atoms with E-state index in [-0.39, 0.29) is 11.5 Å². The van der Waals surface area contributed by atoms with Gasteiger partial charge in [-0.3, -0.25) is 9.59 Å². The van der Waals surface area contributed by atoms with E-state index in [2.05, 4.69) is 10.3 Å². The number of carbonyl (C=O) groups excluding carboxylic acids is 2. The van der Waals surface area contributed by atoms with Crippen molar-refractivity contribution in [2.75, 3.05) is 5.73 Å². The number of anilines is 1. The monoisotopic (exact) mass is 272 g/mol. The Kier molecular flexibility index (Phi) is 3.31. The Labute approximate surface area is 116 Å². The standard InChI is InChI=1S/C14H16N4O2/c1-14(2,13(16)20)18-12(19)10-7-8-5-3-4-6-9(8)11(15)17-10/h3-7H,1-2H3,(H2,15,17)(H2,16,20)(H,18,19). The number of amides is 2. The highest BCUT2D eigenvalue weighted by atomic mass is 16.2. The summed E-state index contributed by atoms with van der Waals surface area (Å²) in [5, 5.41) is 4.12. The van der Waals surface area contributed by atoms with Crippen LogP contribution in [0.2, 0.25) is 0 Å². The summed E-state index contributed by atoms with van der Waals surface area (Å²) >= 11 is 0. The maximum Gasteiger partial charge on any atom is 0.270 e. The minimum absolute atomic E-state index is 0.149. The molecule has 0 saturated carbocycles. The van der Waals surface area contributed by atoms with Gasteiger partial charge in [-0.05, 0) is 25.3 Å². The Morgan fingerprint density at radius 2 is 1.90 bits per heavy atom. The molecule has 2 amide bonds. The number of nitrogen functional groups attached to an aromatic ring is 1. The predicted octanol–water partition coefficient (Wildman–Crippen LogP) is 0.811. The lowest BCUT2D eigenvalue weighted by Crippen LogP contribution is -2.53. The number of aromatic nitrogens is 1. The molecule has 2 aromatic rings. The molecule has 104 valence electrons. The van der Waals surface area contributed by atoms with Crippen molar-refractivity contribution in [3.63, 3.8) is 0 Å². The van der Waals surface area contributed by atoms with Gasteiger partial charge in [0.25, 0.3) is 5.91 Å². The van der Waals surface area contributed by atoms with Crippen molar-refractivity contribution in [2.45, 2.75) is 19.4 Å². The number of hydrogen-bond donors (Lipinski definition) is 3. The van der Waals surface area contributed by atoms with Crippen LogP contribution in [0, 0.1) is 0 Å². The van der Waals surface area contributed by atoms with Crippen LogP contribution in [0.25, 0.3) is 10.8 Å². The molecule has 0 bridgehead atoms. The second-order valence-corrected chi connectivity index (χ2v) is 5.06. The normalized spacial score (nSPS) is 11.3. The van der Waals surface area contributed by atoms with Gasteiger partial charge in [0.15, 0.2) is 0 Å². The average Bonchev–Trinajstić information content (AvgIpc) is 2.38. The maximum absolute atomic E-state index is 12.1. The summed E-state index contributed by atoms with van der Waals surface area (Å²) in [4.78, 5) is 27.4. The van der Waals surface area contributed by atoms with Crippen LogP contribution < -0.4 is 16.8 Å². The van der Waals surface area contributed by atoms with E-state index in [0.717, 1.165) is 10.8 Å². The van der Waals surface area contributed by atoms with Crippen LogP contribution in [0.1, 0.15) is 24.3 Å². The van der Waals surface area contributed by atoms with Gasteiger partial charge in [-0.1, -0.05) is 24.3 Å². The highest BCUT2D eigenvalue weighted by Crippen LogP contribution is 2.20. The number of nitrogens with one attached hydrogen (secondary N) is 1. The van der Waals surface area contributed by atoms with Crippen molar-refractivity contribution in [1.82, 2.24) is 10.3 Å². The minimum Gasteiger partial charge on any atom is -0.383 e. The summed E-state index contributed by atoms with van der Waals surface area (Å²) in [6.07, 6.45) is 0. The van der Waals surface area contributed by atoms with Crippen molar-refractivity contribution in [2.24, 2.45) is 5.73 Å². The number of benzene rings is 1. The predicted molar refractivity (Wildman–Crippen MR) is 76.9 cm³/mol. The van der Waals surface area contributed by atoms with Crippen molar-refractivity contribution in [1.29, 1.82) is 0 Å². The highest BCUT2D eigenvalue weighted by molar-refractivity contribution is 6.01. The zero-order valence-electron chi connectivity index (χ0n) is 11.3. The summed E-state index contributed by atoms with van der Waals surface area (Å²) in [7, 11) is 0. The molecule has 0 fully saturated rings. The third kappa shape index (κ3) is 2.54. The Balaban J connectivity index is 2.38. The smallest absolute Gasteiger partial charge is 0.270 e. The van der Waals surface area contributed by atoms with Gasteiger partial charge < -0.3 is 16.8 Å². The number of carbonyl (C=O) groups is 2. The number of nitrogens with zero attached hydrogens (tertiary/aromatic N) is 1. The molecular weight excluding hydrogens is 256 g/mol. The van der Waals surface area contributed by atoms with E-state index >= 15 is 0 Å². The van der Waals surface area contributed by atoms with Crippen LogP contribution in [0.15, 0.2) is 30.3 Å². The van der Waals surface area contributed by atoms with Gasteiger partial charge in [-0.25, -0.2) is 4.98 Å². The van der Waals surface area contributed by atoms with Gasteiger partial charge in [0, 0.05) is 5.39 Å². The summed E-state index contributed by atoms with van der Waals surface area (Å²) in [5.41, 5.74) is 10.0. The fourth-order valence-electron chi connectivity index (χ4n) is 1.75. The molecule has 6 nitrogen and oxygen atoms in total. The first-order valence-corrected chi connectivity index (χ1v) is 6.09. The fraction of sp³-hybridized carbons (Fsp3) is 0.214. The Morgan fingerprint density at radius 3 is 2.55 bits per heavy atom. The molecule has 0 atom stereocenters. The Bertz CT molecular complexity index is 695. The maximum atomic E-state index is 12.1. The Morgan fingerprint density at radius 1 is 1.25 bits per heavy atom. The zero-order valence-corrected chi connectivity index (χ0v) is 11.3. The first-order chi connectivity index (χ1) is 9.31. The number of nitrogens with two attached hydrogens (primary N) is 2. The molecule has 0 aliphatic heterocycles. The molecule has 1 aromatic heterocycles. The molecular formula is C14H16N4O2. The molecule has 6 heteroatoms. The van der Waals surface area contributed by atoms with Gasteiger partial charge in [0.1, 0.15) is 17.1 Å². The van der Waals surface area contributed by atoms with Crippen LogP contribution in [-0.2, 0) is 4.79 Å². The van der Waals surface area contributed by atoms with Gasteiger partial charge in [0.2, 0.25) is 5.91 Å². The first-order valence-electron chi connectivity index (χ1n) is 6.09. The van der Waals surface area contributed by atoms with E-state index < -0.39 is 17.4 Å². The van der Waals surface area contributed by atoms with Gasteiger partial charge >= 0.3 is 0 Å². The molecule has 0 unspecified atom stereocenters. The molecule has 5 N–H and O–H groups in total. The molecule has 0 radical (unpaired) electrons. The Hall–Kier alpha value is -2.63. The van der Waals surface area contributed by atoms with Gasteiger partial charge in [-0.2, -0.15) is 0 Å². The van der Waals surface area contributed by atoms with E-state index in [0.29, 0.717) is 0 Å². The second-order valence-electron chi connectivity index (χ2n) is 5.06. The SMILES string of the molecule is CC(C)(NC(=O)c1cc2ccccc2c(N)n1)C(N)=O. The highest BCUT2D eigenvalue weighted by Gasteiger charge is 2.28. The summed E-state index contributed by atoms with van der Waals surface area (Å²) in [5.74, 6) is -0.851. The minimum atomic E-state index is -1.15. The summed E-state index contributed by atoms with van der Waals surface area (Å²) in [6, 6.07) is 8.97. The topological polar surface area (TPSA) is 111 Å². The largest absolute Gasteiger partial charge is 0.383 e. The molecule has 1 aromatic carbocycles. The molecule has 0 aliphatic carbocycles. The third-order valence-corrected chi connectivity index (χ3v) is 3.04. The number of rotatable bonds is 3. The fourth-order valence-corrected chi connectivity index (χ4v) is 1.75. The van der Waals surface area contributed by atoms with Crippen molar-refractivity contribution in [3.05, 3.63) is 36.0 Å². The molecule has 0 saturated heterocycles. The van der Waals surface area contributed by atoms with E-state index in [1.807, 2.05) is 24.3 Å². The molecule has 0 aliphatic rings. The van der Waals surface area contributed by atoms with E-state index in [9.17, 15) is 9.59 Å². The third-order valence-electron chi connectivity index (χ3n) is 3.04. The first kappa shape index (κ1) is 13.8. The second kappa shape index (κ2) is 4.80. The quantitative estimate of drug-likeness (QED) is 0.767. The molecule has 1 heterocycles. The van der Waals surface area contributed by atoms with E-state index in [1.54, 1.807) is 6.07 Å². The lowest BCUT2D eigenvalue weighted by Gasteiger charge is -2.22. The van der Waals surface area contributed by atoms with Crippen molar-refractivity contribution in [3.8, 4) is 0 Å².